The lowest BCUT2D eigenvalue weighted by Crippen LogP contribution is -2.45. The number of methoxy groups -OCH3 is 1. The monoisotopic (exact) mass is 399 g/mol. The van der Waals surface area contributed by atoms with Crippen molar-refractivity contribution in [2.75, 3.05) is 43.5 Å². The lowest BCUT2D eigenvalue weighted by Gasteiger charge is -2.34. The number of carbonyl (C=O) groups excluding carboxylic acids is 2. The van der Waals surface area contributed by atoms with Crippen molar-refractivity contribution < 1.29 is 18.7 Å². The fraction of sp³-hybridized carbons (Fsp3) is 0.364. The molecular weight excluding hydrogens is 373 g/mol. The van der Waals surface area contributed by atoms with Gasteiger partial charge in [0.25, 0.3) is 0 Å². The Morgan fingerprint density at radius 1 is 1.17 bits per heavy atom. The van der Waals surface area contributed by atoms with Crippen LogP contribution in [0.2, 0.25) is 0 Å². The fourth-order valence-electron chi connectivity index (χ4n) is 3.46. The van der Waals surface area contributed by atoms with Crippen molar-refractivity contribution in [2.45, 2.75) is 19.3 Å². The van der Waals surface area contributed by atoms with E-state index in [1.54, 1.807) is 24.1 Å². The Hall–Kier alpha value is -3.09. The van der Waals surface area contributed by atoms with Crippen molar-refractivity contribution in [3.05, 3.63) is 53.8 Å². The van der Waals surface area contributed by atoms with E-state index >= 15 is 0 Å². The lowest BCUT2D eigenvalue weighted by atomic mass is 9.97. The minimum atomic E-state index is -0.291. The number of ether oxygens (including phenoxy) is 1. The second-order valence-electron chi connectivity index (χ2n) is 7.22. The van der Waals surface area contributed by atoms with Crippen molar-refractivity contribution in [1.82, 2.24) is 4.90 Å². The zero-order valence-electron chi connectivity index (χ0n) is 16.7. The average Bonchev–Trinajstić information content (AvgIpc) is 2.74. The van der Waals surface area contributed by atoms with E-state index in [9.17, 15) is 14.0 Å². The summed E-state index contributed by atoms with van der Waals surface area (Å²) < 4.78 is 18.5. The maximum atomic E-state index is 13.1. The highest BCUT2D eigenvalue weighted by Gasteiger charge is 2.18. The van der Waals surface area contributed by atoms with Crippen molar-refractivity contribution >= 4 is 23.7 Å². The van der Waals surface area contributed by atoms with Crippen LogP contribution in [0, 0.1) is 5.82 Å². The predicted octanol–water partition coefficient (Wildman–Crippen LogP) is 3.25. The summed E-state index contributed by atoms with van der Waals surface area (Å²) in [6.07, 6.45) is 1.15. The molecule has 1 fully saturated rings. The molecule has 2 amide bonds. The van der Waals surface area contributed by atoms with Crippen molar-refractivity contribution in [2.24, 2.45) is 0 Å². The number of hydrogen-bond acceptors (Lipinski definition) is 4. The molecule has 2 aromatic rings. The third kappa shape index (κ3) is 5.25. The van der Waals surface area contributed by atoms with Crippen molar-refractivity contribution in [3.8, 4) is 5.75 Å². The first kappa shape index (κ1) is 20.6. The first-order valence-corrected chi connectivity index (χ1v) is 9.68. The summed E-state index contributed by atoms with van der Waals surface area (Å²) in [5, 5.41) is 2.94. The number of halogens is 1. The molecule has 2 aromatic carbocycles. The van der Waals surface area contributed by atoms with Gasteiger partial charge >= 0.3 is 0 Å². The standard InChI is InChI=1S/C22H26FN3O3/c1-16(17-3-5-18(23)6-4-17)13-22(28)24-20-14-19(7-8-21(20)29-2)26-11-9-25(15-27)10-12-26/h3-8,14-16H,9-13H2,1-2H3,(H,24,28). The molecule has 7 heteroatoms. The third-order valence-corrected chi connectivity index (χ3v) is 5.22. The number of nitrogens with zero attached hydrogens (tertiary/aromatic N) is 2. The second kappa shape index (κ2) is 9.41. The van der Waals surface area contributed by atoms with E-state index < -0.39 is 0 Å². The molecule has 154 valence electrons. The Balaban J connectivity index is 1.67. The number of benzene rings is 2. The molecule has 1 heterocycles. The molecule has 0 spiro atoms. The van der Waals surface area contributed by atoms with Gasteiger partial charge in [-0.1, -0.05) is 19.1 Å². The summed E-state index contributed by atoms with van der Waals surface area (Å²) in [5.74, 6) is 0.119. The van der Waals surface area contributed by atoms with Gasteiger partial charge in [0.2, 0.25) is 12.3 Å². The van der Waals surface area contributed by atoms with Crippen LogP contribution in [0.3, 0.4) is 0 Å². The topological polar surface area (TPSA) is 61.9 Å². The van der Waals surface area contributed by atoms with Crippen LogP contribution in [0.15, 0.2) is 42.5 Å². The van der Waals surface area contributed by atoms with Crippen LogP contribution >= 0.6 is 0 Å². The number of piperazine rings is 1. The van der Waals surface area contributed by atoms with Crippen LogP contribution in [-0.2, 0) is 9.59 Å². The Morgan fingerprint density at radius 2 is 1.86 bits per heavy atom. The van der Waals surface area contributed by atoms with Crippen LogP contribution in [0.4, 0.5) is 15.8 Å². The highest BCUT2D eigenvalue weighted by molar-refractivity contribution is 5.93. The largest absolute Gasteiger partial charge is 0.495 e. The Labute approximate surface area is 170 Å². The van der Waals surface area contributed by atoms with Crippen molar-refractivity contribution in [3.63, 3.8) is 0 Å². The summed E-state index contributed by atoms with van der Waals surface area (Å²) >= 11 is 0. The quantitative estimate of drug-likeness (QED) is 0.726. The molecule has 1 N–H and O–H groups in total. The number of hydrogen-bond donors (Lipinski definition) is 1. The third-order valence-electron chi connectivity index (χ3n) is 5.22. The number of anilines is 2. The van der Waals surface area contributed by atoms with Crippen molar-refractivity contribution in [1.29, 1.82) is 0 Å². The normalized spacial score (nSPS) is 15.0. The lowest BCUT2D eigenvalue weighted by molar-refractivity contribution is -0.118. The Morgan fingerprint density at radius 3 is 2.48 bits per heavy atom. The summed E-state index contributed by atoms with van der Waals surface area (Å²) in [7, 11) is 1.56. The molecule has 1 saturated heterocycles. The molecule has 29 heavy (non-hydrogen) atoms. The van der Waals surface area contributed by atoms with Gasteiger partial charge in [-0.15, -0.1) is 0 Å². The van der Waals surface area contributed by atoms with E-state index in [2.05, 4.69) is 10.2 Å². The SMILES string of the molecule is COc1ccc(N2CCN(C=O)CC2)cc1NC(=O)CC(C)c1ccc(F)cc1. The van der Waals surface area contributed by atoms with Crippen LogP contribution in [-0.4, -0.2) is 50.5 Å². The minimum absolute atomic E-state index is 0.0406. The fourth-order valence-corrected chi connectivity index (χ4v) is 3.46. The number of nitrogens with one attached hydrogen (secondary N) is 1. The highest BCUT2D eigenvalue weighted by atomic mass is 19.1. The molecule has 0 aromatic heterocycles. The highest BCUT2D eigenvalue weighted by Crippen LogP contribution is 2.31. The predicted molar refractivity (Wildman–Crippen MR) is 111 cm³/mol. The smallest absolute Gasteiger partial charge is 0.225 e. The van der Waals surface area contributed by atoms with Crippen LogP contribution in [0.5, 0.6) is 5.75 Å². The molecule has 3 rings (SSSR count). The molecule has 1 atom stereocenters. The van der Waals surface area contributed by atoms with Crippen LogP contribution in [0.25, 0.3) is 0 Å². The molecule has 0 aliphatic carbocycles. The summed E-state index contributed by atoms with van der Waals surface area (Å²) in [6, 6.07) is 11.9. The van der Waals surface area contributed by atoms with E-state index in [1.807, 2.05) is 25.1 Å². The molecule has 1 aliphatic rings. The molecule has 6 nitrogen and oxygen atoms in total. The first-order chi connectivity index (χ1) is 14.0. The molecule has 1 aliphatic heterocycles. The molecule has 0 radical (unpaired) electrons. The van der Waals surface area contributed by atoms with E-state index in [0.717, 1.165) is 30.8 Å². The second-order valence-corrected chi connectivity index (χ2v) is 7.22. The maximum Gasteiger partial charge on any atom is 0.225 e. The van der Waals surface area contributed by atoms with Crippen LogP contribution in [0.1, 0.15) is 24.8 Å². The number of rotatable bonds is 7. The van der Waals surface area contributed by atoms with Gasteiger partial charge in [0.1, 0.15) is 11.6 Å². The molecule has 1 unspecified atom stereocenters. The zero-order chi connectivity index (χ0) is 20.8. The minimum Gasteiger partial charge on any atom is -0.495 e. The van der Waals surface area contributed by atoms with Gasteiger partial charge in [-0.2, -0.15) is 0 Å². The maximum absolute atomic E-state index is 13.1. The Kier molecular flexibility index (Phi) is 6.69. The summed E-state index contributed by atoms with van der Waals surface area (Å²) in [6.45, 7) is 4.76. The van der Waals surface area contributed by atoms with Gasteiger partial charge in [0, 0.05) is 38.3 Å². The van der Waals surface area contributed by atoms with Crippen LogP contribution < -0.4 is 15.0 Å². The van der Waals surface area contributed by atoms with Gasteiger partial charge in [-0.25, -0.2) is 4.39 Å². The zero-order valence-corrected chi connectivity index (χ0v) is 16.7. The van der Waals surface area contributed by atoms with Gasteiger partial charge in [0.05, 0.1) is 12.8 Å². The number of carbonyl (C=O) groups is 2. The summed E-state index contributed by atoms with van der Waals surface area (Å²) in [5.41, 5.74) is 2.49. The van der Waals surface area contributed by atoms with E-state index in [-0.39, 0.29) is 24.1 Å². The molecule has 0 bridgehead atoms. The van der Waals surface area contributed by atoms with E-state index in [0.29, 0.717) is 24.5 Å². The number of amides is 2. The van der Waals surface area contributed by atoms with Gasteiger partial charge in [0.15, 0.2) is 0 Å². The van der Waals surface area contributed by atoms with Gasteiger partial charge in [-0.05, 0) is 41.8 Å². The van der Waals surface area contributed by atoms with E-state index in [4.69, 9.17) is 4.74 Å². The molecular formula is C22H26FN3O3. The Bertz CT molecular complexity index is 849. The van der Waals surface area contributed by atoms with E-state index in [1.165, 1.54) is 12.1 Å². The summed E-state index contributed by atoms with van der Waals surface area (Å²) in [4.78, 5) is 27.4. The average molecular weight is 399 g/mol. The molecule has 0 saturated carbocycles. The van der Waals surface area contributed by atoms with Gasteiger partial charge in [-0.3, -0.25) is 9.59 Å². The van der Waals surface area contributed by atoms with Gasteiger partial charge < -0.3 is 19.9 Å². The first-order valence-electron chi connectivity index (χ1n) is 9.68.